The molecular weight excluding hydrogens is 789 g/mol. The van der Waals surface area contributed by atoms with E-state index in [9.17, 15) is 0 Å². The van der Waals surface area contributed by atoms with E-state index < -0.39 is 0 Å². The van der Waals surface area contributed by atoms with Crippen molar-refractivity contribution in [2.75, 3.05) is 4.90 Å². The molecule has 3 nitrogen and oxygen atoms in total. The number of hydrogen-bond donors (Lipinski definition) is 0. The van der Waals surface area contributed by atoms with Crippen molar-refractivity contribution in [2.24, 2.45) is 0 Å². The fourth-order valence-corrected chi connectivity index (χ4v) is 10.2. The molecule has 11 aromatic carbocycles. The molecule has 304 valence electrons. The van der Waals surface area contributed by atoms with Crippen molar-refractivity contribution in [3.8, 4) is 39.1 Å². The van der Waals surface area contributed by atoms with Gasteiger partial charge < -0.3 is 13.9 Å². The SMILES string of the molecule is c1cc(-c2cccc3oc4ccccc4c23)cc(N(c2ccc(-c3ccc(-n4c5ccccc5c5ccccc54)cc3)cc2)c2ccccc2-c2ccc3c(ccc4ccccc43)c2)c1. The number of benzene rings is 11. The maximum absolute atomic E-state index is 6.35. The summed E-state index contributed by atoms with van der Waals surface area (Å²) in [5.74, 6) is 0. The maximum Gasteiger partial charge on any atom is 0.136 e. The second-order valence-electron chi connectivity index (χ2n) is 16.9. The molecule has 0 N–H and O–H groups in total. The van der Waals surface area contributed by atoms with Crippen molar-refractivity contribution in [3.63, 3.8) is 0 Å². The Labute approximate surface area is 376 Å². The molecule has 0 bridgehead atoms. The molecule has 0 saturated heterocycles. The van der Waals surface area contributed by atoms with Crippen LogP contribution in [0.4, 0.5) is 17.1 Å². The Morgan fingerprint density at radius 1 is 0.323 bits per heavy atom. The first-order valence-electron chi connectivity index (χ1n) is 22.2. The predicted molar refractivity (Wildman–Crippen MR) is 274 cm³/mol. The zero-order valence-corrected chi connectivity index (χ0v) is 35.4. The fraction of sp³-hybridized carbons (Fsp3) is 0. The molecule has 0 unspecified atom stereocenters. The second-order valence-corrected chi connectivity index (χ2v) is 16.9. The minimum Gasteiger partial charge on any atom is -0.456 e. The zero-order chi connectivity index (χ0) is 42.8. The smallest absolute Gasteiger partial charge is 0.136 e. The number of hydrogen-bond acceptors (Lipinski definition) is 2. The largest absolute Gasteiger partial charge is 0.456 e. The van der Waals surface area contributed by atoms with E-state index in [0.717, 1.165) is 66.9 Å². The van der Waals surface area contributed by atoms with Crippen LogP contribution in [0.15, 0.2) is 247 Å². The molecular formula is C62H40N2O. The summed E-state index contributed by atoms with van der Waals surface area (Å²) in [6.45, 7) is 0. The third kappa shape index (κ3) is 6.12. The fourth-order valence-electron chi connectivity index (χ4n) is 10.2. The van der Waals surface area contributed by atoms with Crippen LogP contribution >= 0.6 is 0 Å². The standard InChI is InChI=1S/C62H40N2O/c1-2-16-50-43(13-1)27-28-45-39-46(33-38-51(45)50)52-17-3-7-22-57(52)63(49-15-11-14-44(40-49)53-21-12-26-61-62(53)56-20-6-10-25-60(56)65-61)47-34-29-41(30-35-47)42-31-36-48(37-32-42)64-58-23-8-4-18-54(58)55-19-5-9-24-59(55)64/h1-40H. The second kappa shape index (κ2) is 15.0. The number of para-hydroxylation sites is 4. The summed E-state index contributed by atoms with van der Waals surface area (Å²) >= 11 is 0. The Kier molecular flexibility index (Phi) is 8.53. The van der Waals surface area contributed by atoms with Crippen molar-refractivity contribution >= 4 is 82.4 Å². The molecule has 2 heterocycles. The van der Waals surface area contributed by atoms with Crippen molar-refractivity contribution in [2.45, 2.75) is 0 Å². The summed E-state index contributed by atoms with van der Waals surface area (Å²) in [5.41, 5.74) is 15.5. The van der Waals surface area contributed by atoms with E-state index in [4.69, 9.17) is 4.42 Å². The Balaban J connectivity index is 0.933. The summed E-state index contributed by atoms with van der Waals surface area (Å²) in [7, 11) is 0. The summed E-state index contributed by atoms with van der Waals surface area (Å²) in [4.78, 5) is 2.41. The van der Waals surface area contributed by atoms with Gasteiger partial charge in [-0.25, -0.2) is 0 Å². The number of anilines is 3. The van der Waals surface area contributed by atoms with Crippen molar-refractivity contribution in [1.82, 2.24) is 4.57 Å². The Morgan fingerprint density at radius 2 is 0.892 bits per heavy atom. The van der Waals surface area contributed by atoms with Crippen molar-refractivity contribution < 1.29 is 4.42 Å². The van der Waals surface area contributed by atoms with E-state index >= 15 is 0 Å². The van der Waals surface area contributed by atoms with Gasteiger partial charge in [-0.15, -0.1) is 0 Å². The molecule has 2 aromatic heterocycles. The monoisotopic (exact) mass is 828 g/mol. The van der Waals surface area contributed by atoms with E-state index in [1.807, 2.05) is 12.1 Å². The number of rotatable bonds is 7. The molecule has 13 aromatic rings. The third-order valence-corrected chi connectivity index (χ3v) is 13.2. The van der Waals surface area contributed by atoms with Crippen molar-refractivity contribution in [1.29, 1.82) is 0 Å². The summed E-state index contributed by atoms with van der Waals surface area (Å²) < 4.78 is 8.71. The van der Waals surface area contributed by atoms with Gasteiger partial charge in [-0.2, -0.15) is 0 Å². The maximum atomic E-state index is 6.35. The van der Waals surface area contributed by atoms with Crippen LogP contribution in [0.2, 0.25) is 0 Å². The van der Waals surface area contributed by atoms with Crippen LogP contribution < -0.4 is 4.90 Å². The molecule has 0 amide bonds. The van der Waals surface area contributed by atoms with Gasteiger partial charge in [-0.1, -0.05) is 170 Å². The molecule has 0 aliphatic rings. The highest BCUT2D eigenvalue weighted by molar-refractivity contribution is 6.13. The quantitative estimate of drug-likeness (QED) is 0.149. The van der Waals surface area contributed by atoms with Crippen molar-refractivity contribution in [3.05, 3.63) is 243 Å². The van der Waals surface area contributed by atoms with Crippen LogP contribution in [0.25, 0.3) is 104 Å². The summed E-state index contributed by atoms with van der Waals surface area (Å²) in [5, 5.41) is 9.78. The molecule has 0 fully saturated rings. The highest BCUT2D eigenvalue weighted by Crippen LogP contribution is 2.45. The number of furan rings is 1. The number of aromatic nitrogens is 1. The molecule has 0 saturated carbocycles. The first-order valence-corrected chi connectivity index (χ1v) is 22.2. The van der Waals surface area contributed by atoms with Gasteiger partial charge in [-0.05, 0) is 122 Å². The van der Waals surface area contributed by atoms with E-state index in [1.54, 1.807) is 0 Å². The third-order valence-electron chi connectivity index (χ3n) is 13.2. The van der Waals surface area contributed by atoms with Gasteiger partial charge >= 0.3 is 0 Å². The topological polar surface area (TPSA) is 21.3 Å². The molecule has 0 atom stereocenters. The average Bonchev–Trinajstić information content (AvgIpc) is 3.93. The highest BCUT2D eigenvalue weighted by atomic mass is 16.3. The van der Waals surface area contributed by atoms with Crippen LogP contribution in [-0.2, 0) is 0 Å². The van der Waals surface area contributed by atoms with Gasteiger partial charge in [0.25, 0.3) is 0 Å². The summed E-state index contributed by atoms with van der Waals surface area (Å²) in [6, 6.07) is 87.8. The molecule has 0 radical (unpaired) electrons. The summed E-state index contributed by atoms with van der Waals surface area (Å²) in [6.07, 6.45) is 0. The normalized spacial score (nSPS) is 11.7. The lowest BCUT2D eigenvalue weighted by Crippen LogP contribution is -2.11. The molecule has 13 rings (SSSR count). The lowest BCUT2D eigenvalue weighted by Gasteiger charge is -2.28. The van der Waals surface area contributed by atoms with Crippen LogP contribution in [0.5, 0.6) is 0 Å². The van der Waals surface area contributed by atoms with E-state index in [-0.39, 0.29) is 0 Å². The van der Waals surface area contributed by atoms with Crippen LogP contribution in [0, 0.1) is 0 Å². The van der Waals surface area contributed by atoms with Crippen LogP contribution in [-0.4, -0.2) is 4.57 Å². The van der Waals surface area contributed by atoms with Gasteiger partial charge in [0, 0.05) is 44.2 Å². The first-order chi connectivity index (χ1) is 32.2. The molecule has 0 aliphatic carbocycles. The number of fused-ring (bicyclic) bond motifs is 9. The van der Waals surface area contributed by atoms with E-state index in [1.165, 1.54) is 54.5 Å². The number of nitrogens with zero attached hydrogens (tertiary/aromatic N) is 2. The first kappa shape index (κ1) is 36.9. The minimum absolute atomic E-state index is 0.888. The zero-order valence-electron chi connectivity index (χ0n) is 35.4. The average molecular weight is 829 g/mol. The Hall–Kier alpha value is -8.66. The van der Waals surface area contributed by atoms with Crippen LogP contribution in [0.1, 0.15) is 0 Å². The van der Waals surface area contributed by atoms with Gasteiger partial charge in [0.05, 0.1) is 16.7 Å². The van der Waals surface area contributed by atoms with Gasteiger partial charge in [-0.3, -0.25) is 0 Å². The van der Waals surface area contributed by atoms with E-state index in [0.29, 0.717) is 0 Å². The minimum atomic E-state index is 0.888. The lowest BCUT2D eigenvalue weighted by atomic mass is 9.95. The van der Waals surface area contributed by atoms with Gasteiger partial charge in [0.2, 0.25) is 0 Å². The molecule has 3 heteroatoms. The lowest BCUT2D eigenvalue weighted by molar-refractivity contribution is 0.669. The predicted octanol–water partition coefficient (Wildman–Crippen LogP) is 17.5. The van der Waals surface area contributed by atoms with Gasteiger partial charge in [0.1, 0.15) is 11.2 Å². The molecule has 65 heavy (non-hydrogen) atoms. The van der Waals surface area contributed by atoms with E-state index in [2.05, 4.69) is 240 Å². The molecule has 0 spiro atoms. The molecule has 0 aliphatic heterocycles. The Morgan fingerprint density at radius 3 is 1.69 bits per heavy atom. The van der Waals surface area contributed by atoms with Gasteiger partial charge in [0.15, 0.2) is 0 Å². The highest BCUT2D eigenvalue weighted by Gasteiger charge is 2.20. The van der Waals surface area contributed by atoms with Crippen LogP contribution in [0.3, 0.4) is 0 Å². The Bertz CT molecular complexity index is 3900.